The van der Waals surface area contributed by atoms with Crippen LogP contribution in [0.5, 0.6) is 0 Å². The summed E-state index contributed by atoms with van der Waals surface area (Å²) in [5.41, 5.74) is 2.87. The number of carbonyl (C=O) groups is 1. The van der Waals surface area contributed by atoms with Crippen LogP contribution in [0.3, 0.4) is 0 Å². The Bertz CT molecular complexity index is 909. The number of hydrogen-bond donors (Lipinski definition) is 1. The van der Waals surface area contributed by atoms with E-state index in [9.17, 15) is 14.9 Å². The van der Waals surface area contributed by atoms with Crippen molar-refractivity contribution in [2.24, 2.45) is 5.10 Å². The summed E-state index contributed by atoms with van der Waals surface area (Å²) in [5.74, 6) is -0.583. The summed E-state index contributed by atoms with van der Waals surface area (Å²) in [5, 5.41) is 16.0. The number of nitrogens with one attached hydrogen (secondary N) is 1. The zero-order valence-electron chi connectivity index (χ0n) is 11.8. The van der Waals surface area contributed by atoms with Gasteiger partial charge in [-0.15, -0.1) is 0 Å². The second-order valence-electron chi connectivity index (χ2n) is 4.66. The quantitative estimate of drug-likeness (QED) is 0.455. The van der Waals surface area contributed by atoms with Gasteiger partial charge in [0.05, 0.1) is 12.3 Å². The van der Waals surface area contributed by atoms with Crippen LogP contribution in [0.4, 0.5) is 5.88 Å². The van der Waals surface area contributed by atoms with Gasteiger partial charge in [0.15, 0.2) is 5.76 Å². The maximum absolute atomic E-state index is 12.2. The summed E-state index contributed by atoms with van der Waals surface area (Å²) in [6, 6.07) is 15.5. The number of benzene rings is 2. The van der Waals surface area contributed by atoms with Crippen LogP contribution in [0.1, 0.15) is 16.1 Å². The highest BCUT2D eigenvalue weighted by Gasteiger charge is 2.11. The first kappa shape index (κ1) is 14.5. The number of hydrazone groups is 1. The smallest absolute Gasteiger partial charge is 0.400 e. The van der Waals surface area contributed by atoms with Crippen molar-refractivity contribution in [3.05, 3.63) is 76.0 Å². The second kappa shape index (κ2) is 6.10. The first-order valence-corrected chi connectivity index (χ1v) is 6.70. The fourth-order valence-electron chi connectivity index (χ4n) is 2.15. The molecular weight excluding hydrogens is 298 g/mol. The van der Waals surface area contributed by atoms with Gasteiger partial charge in [0.1, 0.15) is 4.92 Å². The minimum atomic E-state index is -0.647. The molecule has 0 bridgehead atoms. The number of carbonyl (C=O) groups excluding carboxylic acids is 1. The Balaban J connectivity index is 1.75. The summed E-state index contributed by atoms with van der Waals surface area (Å²) in [6.45, 7) is 0. The van der Waals surface area contributed by atoms with Crippen molar-refractivity contribution in [3.63, 3.8) is 0 Å². The second-order valence-corrected chi connectivity index (χ2v) is 4.66. The monoisotopic (exact) mass is 309 g/mol. The van der Waals surface area contributed by atoms with E-state index < -0.39 is 4.92 Å². The van der Waals surface area contributed by atoms with Gasteiger partial charge >= 0.3 is 5.88 Å². The predicted molar refractivity (Wildman–Crippen MR) is 84.4 cm³/mol. The number of nitrogens with zero attached hydrogens (tertiary/aromatic N) is 2. The molecule has 3 aromatic rings. The van der Waals surface area contributed by atoms with Gasteiger partial charge in [0.25, 0.3) is 5.91 Å². The molecule has 1 aromatic heterocycles. The lowest BCUT2D eigenvalue weighted by Crippen LogP contribution is -2.17. The normalized spacial score (nSPS) is 11.0. The predicted octanol–water partition coefficient (Wildman–Crippen LogP) is 3.10. The summed E-state index contributed by atoms with van der Waals surface area (Å²) < 4.78 is 4.90. The molecule has 0 unspecified atom stereocenters. The number of fused-ring (bicyclic) bond motifs is 1. The fourth-order valence-corrected chi connectivity index (χ4v) is 2.15. The van der Waals surface area contributed by atoms with Gasteiger partial charge in [-0.1, -0.05) is 36.4 Å². The van der Waals surface area contributed by atoms with Crippen LogP contribution < -0.4 is 5.43 Å². The van der Waals surface area contributed by atoms with Crippen LogP contribution in [0.25, 0.3) is 10.8 Å². The molecule has 1 amide bonds. The lowest BCUT2D eigenvalue weighted by molar-refractivity contribution is -0.402. The molecule has 3 rings (SSSR count). The summed E-state index contributed by atoms with van der Waals surface area (Å²) in [6.07, 6.45) is 1.20. The van der Waals surface area contributed by atoms with Crippen LogP contribution in [-0.4, -0.2) is 17.0 Å². The lowest BCUT2D eigenvalue weighted by atomic mass is 10.0. The standard InChI is InChI=1S/C16H11N3O4/c20-16(14-7-3-5-11-4-1-2-6-13(11)14)18-17-10-12-8-9-15(23-12)19(21)22/h1-10H,(H,18,20). The Morgan fingerprint density at radius 2 is 1.91 bits per heavy atom. The number of rotatable bonds is 4. The highest BCUT2D eigenvalue weighted by atomic mass is 16.6. The third-order valence-electron chi connectivity index (χ3n) is 3.18. The minimum absolute atomic E-state index is 0.176. The average Bonchev–Trinajstić information content (AvgIpc) is 3.03. The Morgan fingerprint density at radius 3 is 2.70 bits per heavy atom. The maximum atomic E-state index is 12.2. The molecule has 1 heterocycles. The van der Waals surface area contributed by atoms with Gasteiger partial charge in [-0.05, 0) is 22.9 Å². The van der Waals surface area contributed by atoms with E-state index in [1.807, 2.05) is 30.3 Å². The third kappa shape index (κ3) is 3.08. The highest BCUT2D eigenvalue weighted by molar-refractivity contribution is 6.07. The van der Waals surface area contributed by atoms with E-state index in [4.69, 9.17) is 4.42 Å². The van der Waals surface area contributed by atoms with Crippen LogP contribution in [0.2, 0.25) is 0 Å². The molecule has 7 heteroatoms. The molecule has 114 valence electrons. The molecule has 0 aliphatic rings. The van der Waals surface area contributed by atoms with Gasteiger partial charge in [0.2, 0.25) is 0 Å². The molecule has 0 saturated carbocycles. The zero-order chi connectivity index (χ0) is 16.2. The van der Waals surface area contributed by atoms with Crippen LogP contribution in [-0.2, 0) is 0 Å². The molecule has 0 atom stereocenters. The van der Waals surface area contributed by atoms with Crippen molar-refractivity contribution in [1.29, 1.82) is 0 Å². The first-order chi connectivity index (χ1) is 11.1. The first-order valence-electron chi connectivity index (χ1n) is 6.70. The molecule has 7 nitrogen and oxygen atoms in total. The fraction of sp³-hybridized carbons (Fsp3) is 0. The summed E-state index contributed by atoms with van der Waals surface area (Å²) in [4.78, 5) is 22.1. The molecular formula is C16H11N3O4. The van der Waals surface area contributed by atoms with Crippen LogP contribution in [0, 0.1) is 10.1 Å². The van der Waals surface area contributed by atoms with E-state index in [2.05, 4.69) is 10.5 Å². The van der Waals surface area contributed by atoms with Gasteiger partial charge in [-0.3, -0.25) is 14.9 Å². The highest BCUT2D eigenvalue weighted by Crippen LogP contribution is 2.18. The molecule has 0 fully saturated rings. The number of nitro groups is 1. The Hall–Kier alpha value is -3.48. The van der Waals surface area contributed by atoms with E-state index in [1.54, 1.807) is 12.1 Å². The molecule has 1 N–H and O–H groups in total. The molecule has 23 heavy (non-hydrogen) atoms. The minimum Gasteiger partial charge on any atom is -0.400 e. The number of furan rings is 1. The molecule has 0 aliphatic heterocycles. The third-order valence-corrected chi connectivity index (χ3v) is 3.18. The lowest BCUT2D eigenvalue weighted by Gasteiger charge is -2.04. The largest absolute Gasteiger partial charge is 0.433 e. The van der Waals surface area contributed by atoms with Crippen molar-refractivity contribution >= 4 is 28.8 Å². The van der Waals surface area contributed by atoms with Gasteiger partial charge in [0, 0.05) is 5.56 Å². The average molecular weight is 309 g/mol. The Kier molecular flexibility index (Phi) is 3.84. The maximum Gasteiger partial charge on any atom is 0.433 e. The Morgan fingerprint density at radius 1 is 1.13 bits per heavy atom. The van der Waals surface area contributed by atoms with Crippen molar-refractivity contribution in [2.75, 3.05) is 0 Å². The van der Waals surface area contributed by atoms with E-state index in [-0.39, 0.29) is 17.6 Å². The van der Waals surface area contributed by atoms with Crippen molar-refractivity contribution in [3.8, 4) is 0 Å². The van der Waals surface area contributed by atoms with Crippen molar-refractivity contribution in [2.45, 2.75) is 0 Å². The molecule has 0 radical (unpaired) electrons. The SMILES string of the molecule is O=C(NN=Cc1ccc([N+](=O)[O-])o1)c1cccc2ccccc12. The van der Waals surface area contributed by atoms with Crippen LogP contribution in [0.15, 0.2) is 64.1 Å². The van der Waals surface area contributed by atoms with E-state index in [1.165, 1.54) is 18.3 Å². The van der Waals surface area contributed by atoms with Crippen LogP contribution >= 0.6 is 0 Å². The van der Waals surface area contributed by atoms with E-state index in [0.29, 0.717) is 5.56 Å². The topological polar surface area (TPSA) is 97.7 Å². The Labute approximate surface area is 130 Å². The molecule has 0 aliphatic carbocycles. The van der Waals surface area contributed by atoms with Crippen molar-refractivity contribution in [1.82, 2.24) is 5.43 Å². The summed E-state index contributed by atoms with van der Waals surface area (Å²) in [7, 11) is 0. The molecule has 2 aromatic carbocycles. The van der Waals surface area contributed by atoms with Gasteiger partial charge in [-0.25, -0.2) is 5.43 Å². The number of amides is 1. The molecule has 0 saturated heterocycles. The van der Waals surface area contributed by atoms with E-state index in [0.717, 1.165) is 10.8 Å². The van der Waals surface area contributed by atoms with E-state index >= 15 is 0 Å². The molecule has 0 spiro atoms. The van der Waals surface area contributed by atoms with Gasteiger partial charge in [-0.2, -0.15) is 5.10 Å². The summed E-state index contributed by atoms with van der Waals surface area (Å²) >= 11 is 0. The van der Waals surface area contributed by atoms with Gasteiger partial charge < -0.3 is 4.42 Å². The zero-order valence-corrected chi connectivity index (χ0v) is 11.8. The number of hydrogen-bond acceptors (Lipinski definition) is 5. The van der Waals surface area contributed by atoms with Crippen molar-refractivity contribution < 1.29 is 14.1 Å².